The van der Waals surface area contributed by atoms with Crippen LogP contribution in [-0.2, 0) is 4.74 Å². The summed E-state index contributed by atoms with van der Waals surface area (Å²) < 4.78 is 5.58. The third-order valence-corrected chi connectivity index (χ3v) is 4.34. The minimum absolute atomic E-state index is 0.158. The molecule has 0 amide bonds. The van der Waals surface area contributed by atoms with Crippen molar-refractivity contribution in [1.82, 2.24) is 10.2 Å². The molecule has 0 aromatic heterocycles. The van der Waals surface area contributed by atoms with Crippen LogP contribution in [0.2, 0.25) is 0 Å². The minimum atomic E-state index is -0.158. The maximum absolute atomic E-state index is 9.35. The van der Waals surface area contributed by atoms with Crippen molar-refractivity contribution >= 4 is 5.96 Å². The summed E-state index contributed by atoms with van der Waals surface area (Å²) in [6.07, 6.45) is 2.37. The molecule has 2 fully saturated rings. The predicted octanol–water partition coefficient (Wildman–Crippen LogP) is 1.08. The summed E-state index contributed by atoms with van der Waals surface area (Å²) in [6.45, 7) is 11.7. The fraction of sp³-hybridized carbons (Fsp3) is 0.933. The molecule has 1 spiro atoms. The molecule has 2 aliphatic heterocycles. The Morgan fingerprint density at radius 2 is 2.25 bits per heavy atom. The molecule has 2 N–H and O–H groups in total. The maximum atomic E-state index is 9.35. The molecule has 116 valence electrons. The summed E-state index contributed by atoms with van der Waals surface area (Å²) in [4.78, 5) is 7.08. The van der Waals surface area contributed by atoms with Crippen molar-refractivity contribution in [2.45, 2.75) is 33.6 Å². The van der Waals surface area contributed by atoms with Crippen molar-refractivity contribution < 1.29 is 9.84 Å². The van der Waals surface area contributed by atoms with Crippen LogP contribution in [0.25, 0.3) is 0 Å². The highest BCUT2D eigenvalue weighted by atomic mass is 16.5. The van der Waals surface area contributed by atoms with E-state index in [-0.39, 0.29) is 12.0 Å². The Hall–Kier alpha value is -0.810. The van der Waals surface area contributed by atoms with Crippen LogP contribution in [0.3, 0.4) is 0 Å². The molecule has 2 rings (SSSR count). The Morgan fingerprint density at radius 3 is 2.85 bits per heavy atom. The number of hydrogen-bond donors (Lipinski definition) is 2. The van der Waals surface area contributed by atoms with Crippen molar-refractivity contribution in [2.75, 3.05) is 46.0 Å². The van der Waals surface area contributed by atoms with Gasteiger partial charge in [0.25, 0.3) is 0 Å². The van der Waals surface area contributed by atoms with Crippen LogP contribution in [0.15, 0.2) is 4.99 Å². The van der Waals surface area contributed by atoms with Gasteiger partial charge in [-0.3, -0.25) is 4.99 Å². The first-order chi connectivity index (χ1) is 9.50. The minimum Gasteiger partial charge on any atom is -0.396 e. The molecule has 0 bridgehead atoms. The Bertz CT molecular complexity index is 349. The maximum Gasteiger partial charge on any atom is 0.193 e. The van der Waals surface area contributed by atoms with Gasteiger partial charge in [-0.1, -0.05) is 13.8 Å². The highest BCUT2D eigenvalue weighted by Crippen LogP contribution is 2.38. The van der Waals surface area contributed by atoms with Crippen molar-refractivity contribution in [3.05, 3.63) is 0 Å². The summed E-state index contributed by atoms with van der Waals surface area (Å²) in [5, 5.41) is 12.7. The second-order valence-corrected chi connectivity index (χ2v) is 6.97. The van der Waals surface area contributed by atoms with Crippen LogP contribution in [0.1, 0.15) is 33.6 Å². The first kappa shape index (κ1) is 15.6. The average Bonchev–Trinajstić information content (AvgIpc) is 3.06. The fourth-order valence-corrected chi connectivity index (χ4v) is 2.85. The first-order valence-corrected chi connectivity index (χ1v) is 7.72. The molecule has 1 atom stereocenters. The number of nitrogens with one attached hydrogen (secondary N) is 1. The number of aliphatic hydroxyl groups is 1. The average molecular weight is 283 g/mol. The van der Waals surface area contributed by atoms with Gasteiger partial charge in [-0.2, -0.15) is 0 Å². The van der Waals surface area contributed by atoms with E-state index < -0.39 is 0 Å². The van der Waals surface area contributed by atoms with Crippen molar-refractivity contribution in [2.24, 2.45) is 15.8 Å². The SMILES string of the molecule is CCNC(=NCC(C)(C)CO)N1CCC2(CCOC2)C1. The van der Waals surface area contributed by atoms with Gasteiger partial charge in [0.15, 0.2) is 5.96 Å². The zero-order chi connectivity index (χ0) is 14.6. The number of rotatable bonds is 4. The molecule has 20 heavy (non-hydrogen) atoms. The lowest BCUT2D eigenvalue weighted by atomic mass is 9.87. The van der Waals surface area contributed by atoms with E-state index in [0.717, 1.165) is 38.8 Å². The number of guanidine groups is 1. The molecule has 0 radical (unpaired) electrons. The summed E-state index contributed by atoms with van der Waals surface area (Å²) in [5.74, 6) is 0.984. The molecule has 5 nitrogen and oxygen atoms in total. The van der Waals surface area contributed by atoms with Gasteiger partial charge in [0.1, 0.15) is 0 Å². The Morgan fingerprint density at radius 1 is 1.45 bits per heavy atom. The Labute approximate surface area is 122 Å². The van der Waals surface area contributed by atoms with Gasteiger partial charge in [0.05, 0.1) is 13.2 Å². The van der Waals surface area contributed by atoms with Crippen LogP contribution < -0.4 is 5.32 Å². The monoisotopic (exact) mass is 283 g/mol. The van der Waals surface area contributed by atoms with E-state index in [1.54, 1.807) is 0 Å². The molecule has 0 aromatic carbocycles. The van der Waals surface area contributed by atoms with E-state index >= 15 is 0 Å². The van der Waals surface area contributed by atoms with Crippen molar-refractivity contribution in [3.8, 4) is 0 Å². The molecular weight excluding hydrogens is 254 g/mol. The van der Waals surface area contributed by atoms with E-state index in [9.17, 15) is 5.11 Å². The summed E-state index contributed by atoms with van der Waals surface area (Å²) in [7, 11) is 0. The second-order valence-electron chi connectivity index (χ2n) is 6.97. The van der Waals surface area contributed by atoms with Crippen LogP contribution in [-0.4, -0.2) is 62.0 Å². The van der Waals surface area contributed by atoms with Crippen LogP contribution in [0.4, 0.5) is 0 Å². The third kappa shape index (κ3) is 3.64. The lowest BCUT2D eigenvalue weighted by Crippen LogP contribution is -2.42. The molecule has 2 aliphatic rings. The molecule has 2 heterocycles. The number of aliphatic imine (C=N–C) groups is 1. The number of aliphatic hydroxyl groups excluding tert-OH is 1. The smallest absolute Gasteiger partial charge is 0.193 e. The van der Waals surface area contributed by atoms with Gasteiger partial charge in [0, 0.05) is 43.7 Å². The molecule has 1 unspecified atom stereocenters. The van der Waals surface area contributed by atoms with Gasteiger partial charge in [-0.05, 0) is 19.8 Å². The van der Waals surface area contributed by atoms with E-state index in [1.165, 1.54) is 12.8 Å². The van der Waals surface area contributed by atoms with Crippen LogP contribution in [0.5, 0.6) is 0 Å². The lowest BCUT2D eigenvalue weighted by molar-refractivity contribution is 0.156. The van der Waals surface area contributed by atoms with E-state index in [1.807, 2.05) is 13.8 Å². The highest BCUT2D eigenvalue weighted by Gasteiger charge is 2.42. The van der Waals surface area contributed by atoms with Crippen LogP contribution in [0, 0.1) is 10.8 Å². The lowest BCUT2D eigenvalue weighted by Gasteiger charge is -2.26. The summed E-state index contributed by atoms with van der Waals surface area (Å²) in [5.41, 5.74) is 0.192. The zero-order valence-corrected chi connectivity index (χ0v) is 13.1. The molecule has 5 heteroatoms. The van der Waals surface area contributed by atoms with Gasteiger partial charge in [-0.15, -0.1) is 0 Å². The largest absolute Gasteiger partial charge is 0.396 e. The fourth-order valence-electron chi connectivity index (χ4n) is 2.85. The quantitative estimate of drug-likeness (QED) is 0.599. The Kier molecular flexibility index (Phi) is 4.91. The molecule has 0 aliphatic carbocycles. The summed E-state index contributed by atoms with van der Waals surface area (Å²) in [6, 6.07) is 0. The molecule has 0 aromatic rings. The molecule has 0 saturated carbocycles. The molecular formula is C15H29N3O2. The zero-order valence-electron chi connectivity index (χ0n) is 13.1. The van der Waals surface area contributed by atoms with E-state index in [2.05, 4.69) is 17.1 Å². The van der Waals surface area contributed by atoms with E-state index in [4.69, 9.17) is 9.73 Å². The van der Waals surface area contributed by atoms with Gasteiger partial charge in [-0.25, -0.2) is 0 Å². The van der Waals surface area contributed by atoms with Gasteiger partial charge >= 0.3 is 0 Å². The van der Waals surface area contributed by atoms with Gasteiger partial charge in [0.2, 0.25) is 0 Å². The summed E-state index contributed by atoms with van der Waals surface area (Å²) >= 11 is 0. The number of ether oxygens (including phenoxy) is 1. The van der Waals surface area contributed by atoms with Gasteiger partial charge < -0.3 is 20.1 Å². The normalized spacial score (nSPS) is 27.6. The standard InChI is InChI=1S/C15H29N3O2/c1-4-16-13(17-9-14(2,3)11-19)18-7-5-15(10-18)6-8-20-12-15/h19H,4-12H2,1-3H3,(H,16,17). The number of hydrogen-bond acceptors (Lipinski definition) is 3. The predicted molar refractivity (Wildman–Crippen MR) is 80.9 cm³/mol. The number of likely N-dealkylation sites (tertiary alicyclic amines) is 1. The van der Waals surface area contributed by atoms with Crippen molar-refractivity contribution in [3.63, 3.8) is 0 Å². The first-order valence-electron chi connectivity index (χ1n) is 7.72. The van der Waals surface area contributed by atoms with Crippen LogP contribution >= 0.6 is 0 Å². The highest BCUT2D eigenvalue weighted by molar-refractivity contribution is 5.80. The van der Waals surface area contributed by atoms with Crippen molar-refractivity contribution in [1.29, 1.82) is 0 Å². The topological polar surface area (TPSA) is 57.1 Å². The second kappa shape index (κ2) is 6.31. The Balaban J connectivity index is 2.00. The molecule has 2 saturated heterocycles. The third-order valence-electron chi connectivity index (χ3n) is 4.34. The number of nitrogens with zero attached hydrogens (tertiary/aromatic N) is 2. The van der Waals surface area contributed by atoms with E-state index in [0.29, 0.717) is 12.0 Å².